The molecule has 0 aliphatic rings. The van der Waals surface area contributed by atoms with Crippen molar-refractivity contribution in [1.82, 2.24) is 9.97 Å². The number of pyridine rings is 2. The van der Waals surface area contributed by atoms with Gasteiger partial charge in [-0.25, -0.2) is 4.98 Å². The molecule has 4 nitrogen and oxygen atoms in total. The fourth-order valence-electron chi connectivity index (χ4n) is 2.73. The van der Waals surface area contributed by atoms with E-state index in [4.69, 9.17) is 0 Å². The number of ketones is 1. The summed E-state index contributed by atoms with van der Waals surface area (Å²) in [6.45, 7) is 0. The summed E-state index contributed by atoms with van der Waals surface area (Å²) >= 11 is 0. The molecule has 4 rings (SSSR count). The van der Waals surface area contributed by atoms with Crippen molar-refractivity contribution in [3.8, 4) is 0 Å². The Morgan fingerprint density at radius 1 is 0.875 bits per heavy atom. The van der Waals surface area contributed by atoms with Crippen LogP contribution in [0.25, 0.3) is 21.7 Å². The zero-order valence-corrected chi connectivity index (χ0v) is 12.8. The second kappa shape index (κ2) is 5.83. The summed E-state index contributed by atoms with van der Waals surface area (Å²) in [5.74, 6) is -0.455. The standard InChI is InChI=1S/C20H14N2O2/c23-19(17-10-9-13-5-3-4-8-16(13)22-17)20(24)18-11-14-6-1-2-7-15(14)12-21-18/h1-12,20,24H. The number of aliphatic hydroxyl groups excluding tert-OH is 1. The minimum Gasteiger partial charge on any atom is -0.378 e. The average molecular weight is 314 g/mol. The van der Waals surface area contributed by atoms with Gasteiger partial charge < -0.3 is 5.11 Å². The van der Waals surface area contributed by atoms with Gasteiger partial charge in [-0.15, -0.1) is 0 Å². The number of nitrogens with zero attached hydrogens (tertiary/aromatic N) is 2. The lowest BCUT2D eigenvalue weighted by Gasteiger charge is -2.10. The maximum Gasteiger partial charge on any atom is 0.215 e. The number of aliphatic hydroxyl groups is 1. The molecule has 4 heteroatoms. The van der Waals surface area contributed by atoms with Crippen LogP contribution in [0.3, 0.4) is 0 Å². The molecule has 0 bridgehead atoms. The molecule has 2 heterocycles. The van der Waals surface area contributed by atoms with Crippen molar-refractivity contribution >= 4 is 27.5 Å². The van der Waals surface area contributed by atoms with E-state index in [1.165, 1.54) is 0 Å². The van der Waals surface area contributed by atoms with Gasteiger partial charge in [-0.1, -0.05) is 48.5 Å². The summed E-state index contributed by atoms with van der Waals surface area (Å²) in [7, 11) is 0. The first-order valence-electron chi connectivity index (χ1n) is 7.65. The summed E-state index contributed by atoms with van der Waals surface area (Å²) in [6, 6.07) is 20.4. The van der Waals surface area contributed by atoms with Crippen molar-refractivity contribution in [3.63, 3.8) is 0 Å². The van der Waals surface area contributed by atoms with Crippen LogP contribution in [0.1, 0.15) is 22.3 Å². The second-order valence-electron chi connectivity index (χ2n) is 5.61. The Bertz CT molecular complexity index is 1060. The van der Waals surface area contributed by atoms with E-state index in [9.17, 15) is 9.90 Å². The number of carbonyl (C=O) groups excluding carboxylic acids is 1. The van der Waals surface area contributed by atoms with Crippen molar-refractivity contribution in [2.75, 3.05) is 0 Å². The molecular weight excluding hydrogens is 300 g/mol. The monoisotopic (exact) mass is 314 g/mol. The van der Waals surface area contributed by atoms with E-state index >= 15 is 0 Å². The van der Waals surface area contributed by atoms with E-state index in [0.717, 1.165) is 21.7 Å². The van der Waals surface area contributed by atoms with Crippen LogP contribution in [-0.4, -0.2) is 20.9 Å². The molecule has 0 radical (unpaired) electrons. The third-order valence-corrected chi connectivity index (χ3v) is 4.03. The normalized spacial score (nSPS) is 12.4. The van der Waals surface area contributed by atoms with Gasteiger partial charge in [-0.3, -0.25) is 9.78 Å². The van der Waals surface area contributed by atoms with Gasteiger partial charge >= 0.3 is 0 Å². The lowest BCUT2D eigenvalue weighted by atomic mass is 10.0. The molecule has 0 saturated heterocycles. The van der Waals surface area contributed by atoms with Crippen LogP contribution < -0.4 is 0 Å². The summed E-state index contributed by atoms with van der Waals surface area (Å²) in [5.41, 5.74) is 1.28. The molecular formula is C20H14N2O2. The molecule has 116 valence electrons. The quantitative estimate of drug-likeness (QED) is 0.586. The van der Waals surface area contributed by atoms with Gasteiger partial charge in [-0.05, 0) is 23.6 Å². The van der Waals surface area contributed by atoms with Crippen molar-refractivity contribution in [2.24, 2.45) is 0 Å². The third kappa shape index (κ3) is 2.53. The van der Waals surface area contributed by atoms with Gasteiger partial charge in [0.25, 0.3) is 0 Å². The highest BCUT2D eigenvalue weighted by Gasteiger charge is 2.22. The van der Waals surface area contributed by atoms with Crippen LogP contribution in [0.5, 0.6) is 0 Å². The zero-order chi connectivity index (χ0) is 16.5. The van der Waals surface area contributed by atoms with Crippen molar-refractivity contribution in [3.05, 3.63) is 84.3 Å². The van der Waals surface area contributed by atoms with E-state index < -0.39 is 11.9 Å². The Morgan fingerprint density at radius 2 is 1.58 bits per heavy atom. The molecule has 0 fully saturated rings. The smallest absolute Gasteiger partial charge is 0.215 e. The SMILES string of the molecule is O=C(c1ccc2ccccc2n1)C(O)c1cc2ccccc2cn1. The Labute approximate surface area is 138 Å². The first-order valence-corrected chi connectivity index (χ1v) is 7.65. The first-order chi connectivity index (χ1) is 11.7. The van der Waals surface area contributed by atoms with Gasteiger partial charge in [0.05, 0.1) is 11.2 Å². The van der Waals surface area contributed by atoms with Crippen LogP contribution in [0, 0.1) is 0 Å². The van der Waals surface area contributed by atoms with Crippen LogP contribution in [0.2, 0.25) is 0 Å². The van der Waals surface area contributed by atoms with Crippen LogP contribution in [-0.2, 0) is 0 Å². The highest BCUT2D eigenvalue weighted by atomic mass is 16.3. The largest absolute Gasteiger partial charge is 0.378 e. The number of hydrogen-bond acceptors (Lipinski definition) is 4. The number of para-hydroxylation sites is 1. The maximum absolute atomic E-state index is 12.6. The molecule has 1 atom stereocenters. The van der Waals surface area contributed by atoms with Crippen LogP contribution in [0.4, 0.5) is 0 Å². The minimum atomic E-state index is -1.33. The molecule has 24 heavy (non-hydrogen) atoms. The number of Topliss-reactive ketones (excluding diaryl/α,β-unsaturated/α-hetero) is 1. The molecule has 0 aliphatic heterocycles. The second-order valence-corrected chi connectivity index (χ2v) is 5.61. The van der Waals surface area contributed by atoms with Crippen molar-refractivity contribution < 1.29 is 9.90 Å². The molecule has 2 aromatic carbocycles. The topological polar surface area (TPSA) is 63.1 Å². The molecule has 0 saturated carbocycles. The summed E-state index contributed by atoms with van der Waals surface area (Å²) in [4.78, 5) is 21.1. The van der Waals surface area contributed by atoms with Gasteiger partial charge in [0.1, 0.15) is 5.69 Å². The number of fused-ring (bicyclic) bond motifs is 2. The van der Waals surface area contributed by atoms with Gasteiger partial charge in [-0.2, -0.15) is 0 Å². The average Bonchev–Trinajstić information content (AvgIpc) is 2.66. The Hall–Kier alpha value is -3.11. The highest BCUT2D eigenvalue weighted by Crippen LogP contribution is 2.21. The highest BCUT2D eigenvalue weighted by molar-refractivity contribution is 6.00. The zero-order valence-electron chi connectivity index (χ0n) is 12.8. The fourth-order valence-corrected chi connectivity index (χ4v) is 2.73. The van der Waals surface area contributed by atoms with E-state index in [1.54, 1.807) is 18.3 Å². The van der Waals surface area contributed by atoms with Gasteiger partial charge in [0.15, 0.2) is 6.10 Å². The summed E-state index contributed by atoms with van der Waals surface area (Å²) in [5, 5.41) is 13.3. The van der Waals surface area contributed by atoms with E-state index in [2.05, 4.69) is 9.97 Å². The first kappa shape index (κ1) is 14.5. The predicted molar refractivity (Wildman–Crippen MR) is 92.8 cm³/mol. The van der Waals surface area contributed by atoms with E-state index in [1.807, 2.05) is 54.6 Å². The Balaban J connectivity index is 1.70. The Kier molecular flexibility index (Phi) is 3.52. The summed E-state index contributed by atoms with van der Waals surface area (Å²) < 4.78 is 0. The molecule has 1 unspecified atom stereocenters. The van der Waals surface area contributed by atoms with Gasteiger partial charge in [0, 0.05) is 17.0 Å². The fraction of sp³-hybridized carbons (Fsp3) is 0.0500. The van der Waals surface area contributed by atoms with Crippen LogP contribution >= 0.6 is 0 Å². The van der Waals surface area contributed by atoms with Crippen molar-refractivity contribution in [2.45, 2.75) is 6.10 Å². The lowest BCUT2D eigenvalue weighted by Crippen LogP contribution is -2.15. The molecule has 1 N–H and O–H groups in total. The van der Waals surface area contributed by atoms with Gasteiger partial charge in [0.2, 0.25) is 5.78 Å². The van der Waals surface area contributed by atoms with Crippen LogP contribution in [0.15, 0.2) is 72.9 Å². The predicted octanol–water partition coefficient (Wildman–Crippen LogP) is 3.70. The Morgan fingerprint density at radius 3 is 2.42 bits per heavy atom. The molecule has 0 aliphatic carbocycles. The number of carbonyl (C=O) groups is 1. The van der Waals surface area contributed by atoms with Crippen molar-refractivity contribution in [1.29, 1.82) is 0 Å². The lowest BCUT2D eigenvalue weighted by molar-refractivity contribution is 0.0735. The number of benzene rings is 2. The third-order valence-electron chi connectivity index (χ3n) is 4.03. The molecule has 2 aromatic heterocycles. The number of rotatable bonds is 3. The molecule has 0 amide bonds. The number of hydrogen-bond donors (Lipinski definition) is 1. The van der Waals surface area contributed by atoms with E-state index in [0.29, 0.717) is 5.69 Å². The van der Waals surface area contributed by atoms with E-state index in [-0.39, 0.29) is 5.69 Å². The maximum atomic E-state index is 12.6. The minimum absolute atomic E-state index is 0.233. The molecule has 0 spiro atoms. The summed E-state index contributed by atoms with van der Waals surface area (Å²) in [6.07, 6.45) is 0.331. The number of aromatic nitrogens is 2. The molecule has 4 aromatic rings.